The molecule has 54 heavy (non-hydrogen) atoms. The van der Waals surface area contributed by atoms with Crippen LogP contribution in [0, 0.1) is 16.7 Å². The lowest BCUT2D eigenvalue weighted by atomic mass is 9.62. The van der Waals surface area contributed by atoms with Crippen LogP contribution >= 0.6 is 23.2 Å². The minimum absolute atomic E-state index is 0.0116. The predicted molar refractivity (Wildman–Crippen MR) is 207 cm³/mol. The monoisotopic (exact) mass is 770 g/mol. The third-order valence-corrected chi connectivity index (χ3v) is 12.2. The lowest BCUT2D eigenvalue weighted by Gasteiger charge is -2.57. The standard InChI is InChI=1S/C43H45Cl2FN4O4/c44-35-16-29(23-49-36-8-3-9-37(36)51)40(53-24-28-15-27(20-47)21-48-22-28)17-41(35)54-38-12-11-32-31(5-1-6-33(32)38)34-7-2-10-39(42(34)45)52-14-4-13-50-25-43(26-50)18-30(46)19-43/h1-2,5-7,10,15-17,21-22,30,36-38,49,51H,3-4,8-9,11-14,18-19,23-26H2/t36-,37-,38+/m1/s1. The molecule has 3 fully saturated rings. The van der Waals surface area contributed by atoms with E-state index in [4.69, 9.17) is 37.4 Å². The maximum absolute atomic E-state index is 13.3. The van der Waals surface area contributed by atoms with E-state index >= 15 is 0 Å². The van der Waals surface area contributed by atoms with Crippen LogP contribution < -0.4 is 19.5 Å². The first-order chi connectivity index (χ1) is 26.3. The van der Waals surface area contributed by atoms with E-state index < -0.39 is 6.17 Å². The number of hydrogen-bond donors (Lipinski definition) is 2. The summed E-state index contributed by atoms with van der Waals surface area (Å²) in [6.45, 7) is 4.19. The van der Waals surface area contributed by atoms with Crippen LogP contribution in [0.4, 0.5) is 4.39 Å². The molecule has 8 nitrogen and oxygen atoms in total. The molecule has 0 amide bonds. The SMILES string of the molecule is N#Cc1cncc(COc2cc(O[C@H]3CCc4c(-c5cccc(OCCCN6CC7(CC(F)C7)C6)c5Cl)cccc43)c(Cl)cc2CN[C@@H]2CCC[C@H]2O)c1. The Bertz CT molecular complexity index is 2030. The van der Waals surface area contributed by atoms with Gasteiger partial charge in [-0.05, 0) is 86.3 Å². The number of aliphatic hydroxyl groups excluding tert-OH is 1. The molecule has 0 radical (unpaired) electrons. The minimum atomic E-state index is -0.602. The fraction of sp³-hybridized carbons (Fsp3) is 0.442. The number of likely N-dealkylation sites (tertiary alicyclic amines) is 1. The smallest absolute Gasteiger partial charge is 0.142 e. The first kappa shape index (κ1) is 37.0. The number of aliphatic hydroxyl groups is 1. The molecule has 0 unspecified atom stereocenters. The summed E-state index contributed by atoms with van der Waals surface area (Å²) in [4.78, 5) is 6.56. The number of halogens is 3. The third-order valence-electron chi connectivity index (χ3n) is 11.5. The maximum Gasteiger partial charge on any atom is 0.142 e. The van der Waals surface area contributed by atoms with Gasteiger partial charge < -0.3 is 29.5 Å². The van der Waals surface area contributed by atoms with Crippen molar-refractivity contribution in [3.05, 3.63) is 105 Å². The molecular weight excluding hydrogens is 726 g/mol. The Morgan fingerprint density at radius 2 is 1.81 bits per heavy atom. The molecule has 1 aliphatic heterocycles. The number of ether oxygens (including phenoxy) is 3. The molecule has 3 aliphatic carbocycles. The second kappa shape index (κ2) is 16.1. The van der Waals surface area contributed by atoms with E-state index in [1.165, 1.54) is 11.8 Å². The van der Waals surface area contributed by atoms with Crippen LogP contribution in [0.2, 0.25) is 10.0 Å². The van der Waals surface area contributed by atoms with E-state index in [2.05, 4.69) is 33.4 Å². The van der Waals surface area contributed by atoms with Crippen molar-refractivity contribution in [3.63, 3.8) is 0 Å². The summed E-state index contributed by atoms with van der Waals surface area (Å²) in [7, 11) is 0. The second-order valence-electron chi connectivity index (χ2n) is 15.4. The van der Waals surface area contributed by atoms with Crippen molar-refractivity contribution < 1.29 is 23.7 Å². The highest BCUT2D eigenvalue weighted by atomic mass is 35.5. The zero-order valence-electron chi connectivity index (χ0n) is 30.2. The number of fused-ring (bicyclic) bond motifs is 1. The predicted octanol–water partition coefficient (Wildman–Crippen LogP) is 8.78. The number of alkyl halides is 1. The summed E-state index contributed by atoms with van der Waals surface area (Å²) in [5.74, 6) is 1.79. The van der Waals surface area contributed by atoms with Gasteiger partial charge in [-0.1, -0.05) is 53.5 Å². The summed E-state index contributed by atoms with van der Waals surface area (Å²) in [6, 6.07) is 19.8. The van der Waals surface area contributed by atoms with Crippen molar-refractivity contribution in [2.45, 2.75) is 88.9 Å². The first-order valence-electron chi connectivity index (χ1n) is 19.0. The summed E-state index contributed by atoms with van der Waals surface area (Å²) in [5.41, 5.74) is 6.59. The Morgan fingerprint density at radius 1 is 0.981 bits per heavy atom. The van der Waals surface area contributed by atoms with Crippen LogP contribution in [0.5, 0.6) is 17.2 Å². The molecule has 2 N–H and O–H groups in total. The van der Waals surface area contributed by atoms with Crippen molar-refractivity contribution in [3.8, 4) is 34.4 Å². The molecule has 1 saturated heterocycles. The molecule has 4 aromatic rings. The summed E-state index contributed by atoms with van der Waals surface area (Å²) in [6.07, 6.45) is 8.60. The summed E-state index contributed by atoms with van der Waals surface area (Å²) >= 11 is 13.9. The van der Waals surface area contributed by atoms with Gasteiger partial charge in [-0.3, -0.25) is 4.98 Å². The zero-order chi connectivity index (χ0) is 37.2. The lowest BCUT2D eigenvalue weighted by Crippen LogP contribution is -2.62. The van der Waals surface area contributed by atoms with Crippen molar-refractivity contribution in [2.24, 2.45) is 5.41 Å². The van der Waals surface area contributed by atoms with Gasteiger partial charge in [0.15, 0.2) is 0 Å². The molecule has 1 spiro atoms. The Balaban J connectivity index is 0.958. The van der Waals surface area contributed by atoms with Crippen molar-refractivity contribution in [1.82, 2.24) is 15.2 Å². The largest absolute Gasteiger partial charge is 0.492 e. The van der Waals surface area contributed by atoms with Crippen LogP contribution in [0.15, 0.2) is 67.0 Å². The van der Waals surface area contributed by atoms with Crippen LogP contribution in [-0.4, -0.2) is 59.5 Å². The van der Waals surface area contributed by atoms with E-state index in [1.807, 2.05) is 36.4 Å². The van der Waals surface area contributed by atoms with Gasteiger partial charge in [-0.15, -0.1) is 0 Å². The normalized spacial score (nSPS) is 21.6. The second-order valence-corrected chi connectivity index (χ2v) is 16.2. The average molecular weight is 772 g/mol. The number of nitriles is 1. The number of pyridine rings is 1. The quantitative estimate of drug-likeness (QED) is 0.123. The highest BCUT2D eigenvalue weighted by Gasteiger charge is 2.52. The molecule has 2 saturated carbocycles. The highest BCUT2D eigenvalue weighted by molar-refractivity contribution is 6.35. The van der Waals surface area contributed by atoms with Gasteiger partial charge in [0.1, 0.15) is 42.2 Å². The number of hydrogen-bond acceptors (Lipinski definition) is 8. The van der Waals surface area contributed by atoms with Gasteiger partial charge in [0.2, 0.25) is 0 Å². The molecule has 3 aromatic carbocycles. The van der Waals surface area contributed by atoms with E-state index in [-0.39, 0.29) is 30.3 Å². The van der Waals surface area contributed by atoms with Crippen LogP contribution in [-0.2, 0) is 19.6 Å². The topological polar surface area (TPSA) is 99.9 Å². The third kappa shape index (κ3) is 7.91. The number of nitrogens with zero attached hydrogens (tertiary/aromatic N) is 3. The molecule has 2 heterocycles. The van der Waals surface area contributed by atoms with Crippen LogP contribution in [0.25, 0.3) is 11.1 Å². The van der Waals surface area contributed by atoms with Gasteiger partial charge in [-0.2, -0.15) is 5.26 Å². The van der Waals surface area contributed by atoms with Crippen LogP contribution in [0.1, 0.15) is 78.9 Å². The van der Waals surface area contributed by atoms with E-state index in [9.17, 15) is 14.8 Å². The highest BCUT2D eigenvalue weighted by Crippen LogP contribution is 2.50. The van der Waals surface area contributed by atoms with Crippen molar-refractivity contribution in [2.75, 3.05) is 26.2 Å². The van der Waals surface area contributed by atoms with Gasteiger partial charge in [0.25, 0.3) is 0 Å². The molecule has 11 heteroatoms. The Kier molecular flexibility index (Phi) is 11.0. The lowest BCUT2D eigenvalue weighted by molar-refractivity contribution is -0.102. The van der Waals surface area contributed by atoms with E-state index in [0.29, 0.717) is 46.0 Å². The molecule has 0 bridgehead atoms. The molecule has 3 atom stereocenters. The molecule has 282 valence electrons. The van der Waals surface area contributed by atoms with Gasteiger partial charge >= 0.3 is 0 Å². The molecular formula is C43H45Cl2FN4O4. The van der Waals surface area contributed by atoms with Gasteiger partial charge in [0, 0.05) is 72.8 Å². The number of rotatable bonds is 14. The maximum atomic E-state index is 13.3. The molecule has 1 aromatic heterocycles. The number of nitrogens with one attached hydrogen (secondary N) is 1. The zero-order valence-corrected chi connectivity index (χ0v) is 31.7. The van der Waals surface area contributed by atoms with Gasteiger partial charge in [0.05, 0.1) is 28.3 Å². The van der Waals surface area contributed by atoms with Crippen molar-refractivity contribution >= 4 is 23.2 Å². The molecule has 8 rings (SSSR count). The summed E-state index contributed by atoms with van der Waals surface area (Å²) in [5, 5.41) is 24.3. The van der Waals surface area contributed by atoms with Crippen molar-refractivity contribution in [1.29, 1.82) is 5.26 Å². The molecule has 4 aliphatic rings. The average Bonchev–Trinajstić information content (AvgIpc) is 3.76. The number of benzene rings is 3. The summed E-state index contributed by atoms with van der Waals surface area (Å²) < 4.78 is 32.5. The van der Waals surface area contributed by atoms with Gasteiger partial charge in [-0.25, -0.2) is 4.39 Å². The fourth-order valence-electron chi connectivity index (χ4n) is 8.79. The van der Waals surface area contributed by atoms with Crippen LogP contribution in [0.3, 0.4) is 0 Å². The fourth-order valence-corrected chi connectivity index (χ4v) is 9.30. The van der Waals surface area contributed by atoms with E-state index in [1.54, 1.807) is 12.3 Å². The Labute approximate surface area is 326 Å². The first-order valence-corrected chi connectivity index (χ1v) is 19.8. The Morgan fingerprint density at radius 3 is 2.61 bits per heavy atom. The number of aromatic nitrogens is 1. The van der Waals surface area contributed by atoms with E-state index in [0.717, 1.165) is 98.8 Å². The minimum Gasteiger partial charge on any atom is -0.492 e. The Hall–Kier alpha value is -3.91.